The summed E-state index contributed by atoms with van der Waals surface area (Å²) in [6.45, 7) is 7.72. The minimum atomic E-state index is 0.219. The summed E-state index contributed by atoms with van der Waals surface area (Å²) >= 11 is 0. The van der Waals surface area contributed by atoms with E-state index < -0.39 is 0 Å². The number of allylic oxidation sites excluding steroid dienone is 2. The molecule has 0 spiro atoms. The van der Waals surface area contributed by atoms with Gasteiger partial charge in [0.2, 0.25) is 0 Å². The number of hydrogen-bond donors (Lipinski definition) is 5. The van der Waals surface area contributed by atoms with Crippen LogP contribution in [0.5, 0.6) is 0 Å². The van der Waals surface area contributed by atoms with Crippen LogP contribution < -0.4 is 27.0 Å². The van der Waals surface area contributed by atoms with Crippen LogP contribution in [0, 0.1) is 5.41 Å². The first kappa shape index (κ1) is 19.6. The van der Waals surface area contributed by atoms with Crippen molar-refractivity contribution in [1.82, 2.24) is 10.3 Å². The molecule has 0 aromatic carbocycles. The summed E-state index contributed by atoms with van der Waals surface area (Å²) in [5.41, 5.74) is 14.8. The zero-order valence-electron chi connectivity index (χ0n) is 15.9. The lowest BCUT2D eigenvalue weighted by atomic mass is 10.1. The first-order chi connectivity index (χ1) is 12.3. The summed E-state index contributed by atoms with van der Waals surface area (Å²) in [7, 11) is 1.84. The Balaban J connectivity index is 2.48. The van der Waals surface area contributed by atoms with Gasteiger partial charge in [0.25, 0.3) is 0 Å². The minimum absolute atomic E-state index is 0.219. The van der Waals surface area contributed by atoms with Crippen molar-refractivity contribution < 1.29 is 4.74 Å². The van der Waals surface area contributed by atoms with E-state index in [4.69, 9.17) is 26.6 Å². The van der Waals surface area contributed by atoms with Crippen molar-refractivity contribution in [2.75, 3.05) is 37.0 Å². The predicted molar refractivity (Wildman–Crippen MR) is 107 cm³/mol. The van der Waals surface area contributed by atoms with E-state index in [-0.39, 0.29) is 6.04 Å². The largest absolute Gasteiger partial charge is 0.401 e. The summed E-state index contributed by atoms with van der Waals surface area (Å²) in [6, 6.07) is 4.12. The van der Waals surface area contributed by atoms with Crippen molar-refractivity contribution in [3.8, 4) is 0 Å². The molecule has 1 aromatic rings. The number of ether oxygens (including phenoxy) is 1. The maximum atomic E-state index is 7.54. The molecule has 1 saturated heterocycles. The van der Waals surface area contributed by atoms with Crippen molar-refractivity contribution >= 4 is 23.0 Å². The van der Waals surface area contributed by atoms with E-state index in [1.165, 1.54) is 0 Å². The molecule has 142 valence electrons. The van der Waals surface area contributed by atoms with Crippen molar-refractivity contribution in [2.45, 2.75) is 26.8 Å². The maximum absolute atomic E-state index is 7.54. The molecule has 1 unspecified atom stereocenters. The molecule has 26 heavy (non-hydrogen) atoms. The fourth-order valence-corrected chi connectivity index (χ4v) is 2.93. The SMILES string of the molecule is CN/C(=C(/C)N)c1cc(N/C(N)=C/C(C)=N)nc(N2CCOCC2C)c1. The second-order valence-corrected chi connectivity index (χ2v) is 6.43. The molecule has 1 aliphatic rings. The van der Waals surface area contributed by atoms with Gasteiger partial charge in [-0.1, -0.05) is 0 Å². The first-order valence-corrected chi connectivity index (χ1v) is 8.62. The molecule has 1 aromatic heterocycles. The number of hydrogen-bond acceptors (Lipinski definition) is 8. The number of anilines is 2. The normalized spacial score (nSPS) is 19.0. The quantitative estimate of drug-likeness (QED) is 0.486. The van der Waals surface area contributed by atoms with Crippen LogP contribution in [0.3, 0.4) is 0 Å². The summed E-state index contributed by atoms with van der Waals surface area (Å²) in [5.74, 6) is 1.79. The molecule has 2 rings (SSSR count). The van der Waals surface area contributed by atoms with E-state index in [1.807, 2.05) is 26.1 Å². The summed E-state index contributed by atoms with van der Waals surface area (Å²) in [5, 5.41) is 13.8. The molecular weight excluding hydrogens is 330 g/mol. The Hall–Kier alpha value is -2.74. The van der Waals surface area contributed by atoms with Gasteiger partial charge in [0.15, 0.2) is 0 Å². The second kappa shape index (κ2) is 8.57. The molecule has 1 aliphatic heterocycles. The molecule has 0 radical (unpaired) electrons. The first-order valence-electron chi connectivity index (χ1n) is 8.62. The number of nitrogens with zero attached hydrogens (tertiary/aromatic N) is 2. The molecule has 7 N–H and O–H groups in total. The van der Waals surface area contributed by atoms with E-state index in [2.05, 4.69) is 22.5 Å². The van der Waals surface area contributed by atoms with Gasteiger partial charge in [0, 0.05) is 30.6 Å². The lowest BCUT2D eigenvalue weighted by Crippen LogP contribution is -2.44. The van der Waals surface area contributed by atoms with Crippen LogP contribution >= 0.6 is 0 Å². The molecule has 0 saturated carbocycles. The Morgan fingerprint density at radius 3 is 2.69 bits per heavy atom. The highest BCUT2D eigenvalue weighted by Gasteiger charge is 2.21. The lowest BCUT2D eigenvalue weighted by molar-refractivity contribution is 0.0985. The summed E-state index contributed by atoms with van der Waals surface area (Å²) in [4.78, 5) is 6.91. The summed E-state index contributed by atoms with van der Waals surface area (Å²) in [6.07, 6.45) is 1.55. The molecule has 2 heterocycles. The van der Waals surface area contributed by atoms with E-state index in [1.54, 1.807) is 13.0 Å². The number of pyridine rings is 1. The molecule has 1 fully saturated rings. The standard InChI is InChI=1S/C18H29N7O/c1-11(19)7-15(21)23-16-8-14(18(22-4)13(3)20)9-17(24-16)25-5-6-26-10-12(25)2/h7-9,12,19,22H,5-6,10,20-21H2,1-4H3,(H,23,24)/b15-7+,18-13-,19-11?. The number of morpholine rings is 1. The van der Waals surface area contributed by atoms with Crippen molar-refractivity contribution in [3.63, 3.8) is 0 Å². The van der Waals surface area contributed by atoms with Crippen LogP contribution in [0.1, 0.15) is 26.3 Å². The van der Waals surface area contributed by atoms with Gasteiger partial charge in [0.1, 0.15) is 17.5 Å². The number of rotatable bonds is 6. The third kappa shape index (κ3) is 4.89. The molecule has 0 amide bonds. The van der Waals surface area contributed by atoms with Crippen LogP contribution in [0.4, 0.5) is 11.6 Å². The third-order valence-corrected chi connectivity index (χ3v) is 4.05. The zero-order valence-corrected chi connectivity index (χ0v) is 15.9. The number of nitrogens with one attached hydrogen (secondary N) is 3. The Bertz CT molecular complexity index is 722. The molecule has 8 nitrogen and oxygen atoms in total. The Kier molecular flexibility index (Phi) is 6.46. The zero-order chi connectivity index (χ0) is 19.3. The van der Waals surface area contributed by atoms with Gasteiger partial charge in [-0.05, 0) is 39.0 Å². The Labute approximate surface area is 154 Å². The van der Waals surface area contributed by atoms with Gasteiger partial charge in [-0.2, -0.15) is 0 Å². The minimum Gasteiger partial charge on any atom is -0.401 e. The van der Waals surface area contributed by atoms with Gasteiger partial charge >= 0.3 is 0 Å². The van der Waals surface area contributed by atoms with E-state index in [0.29, 0.717) is 36.3 Å². The van der Waals surface area contributed by atoms with Crippen LogP contribution in [0.2, 0.25) is 0 Å². The molecule has 1 atom stereocenters. The van der Waals surface area contributed by atoms with E-state index in [0.717, 1.165) is 23.6 Å². The fraction of sp³-hybridized carbons (Fsp3) is 0.444. The molecular formula is C18H29N7O. The average Bonchev–Trinajstić information content (AvgIpc) is 2.54. The second-order valence-electron chi connectivity index (χ2n) is 6.43. The predicted octanol–water partition coefficient (Wildman–Crippen LogP) is 1.42. The molecule has 0 aliphatic carbocycles. The van der Waals surface area contributed by atoms with Gasteiger partial charge in [-0.15, -0.1) is 0 Å². The van der Waals surface area contributed by atoms with Gasteiger partial charge in [0.05, 0.1) is 25.0 Å². The van der Waals surface area contributed by atoms with E-state index in [9.17, 15) is 0 Å². The lowest BCUT2D eigenvalue weighted by Gasteiger charge is -2.34. The molecule has 0 bridgehead atoms. The van der Waals surface area contributed by atoms with Crippen LogP contribution in [-0.2, 0) is 4.74 Å². The monoisotopic (exact) mass is 359 g/mol. The average molecular weight is 359 g/mol. The van der Waals surface area contributed by atoms with Crippen molar-refractivity contribution in [2.24, 2.45) is 11.5 Å². The van der Waals surface area contributed by atoms with Gasteiger partial charge in [-0.3, -0.25) is 0 Å². The highest BCUT2D eigenvalue weighted by molar-refractivity contribution is 5.90. The van der Waals surface area contributed by atoms with E-state index >= 15 is 0 Å². The van der Waals surface area contributed by atoms with Crippen LogP contribution in [-0.4, -0.2) is 43.5 Å². The maximum Gasteiger partial charge on any atom is 0.134 e. The van der Waals surface area contributed by atoms with Gasteiger partial charge in [-0.25, -0.2) is 4.98 Å². The Morgan fingerprint density at radius 1 is 1.38 bits per heavy atom. The fourth-order valence-electron chi connectivity index (χ4n) is 2.93. The number of aromatic nitrogens is 1. The smallest absolute Gasteiger partial charge is 0.134 e. The van der Waals surface area contributed by atoms with Gasteiger partial charge < -0.3 is 37.1 Å². The van der Waals surface area contributed by atoms with Crippen molar-refractivity contribution in [1.29, 1.82) is 5.41 Å². The number of nitrogens with two attached hydrogens (primary N) is 2. The topological polar surface area (TPSA) is 125 Å². The highest BCUT2D eigenvalue weighted by Crippen LogP contribution is 2.26. The molecule has 8 heteroatoms. The van der Waals surface area contributed by atoms with Crippen LogP contribution in [0.15, 0.2) is 29.7 Å². The summed E-state index contributed by atoms with van der Waals surface area (Å²) < 4.78 is 5.53. The van der Waals surface area contributed by atoms with Crippen LogP contribution in [0.25, 0.3) is 5.70 Å². The highest BCUT2D eigenvalue weighted by atomic mass is 16.5. The van der Waals surface area contributed by atoms with Crippen molar-refractivity contribution in [3.05, 3.63) is 35.3 Å². The Morgan fingerprint density at radius 2 is 2.12 bits per heavy atom. The third-order valence-electron chi connectivity index (χ3n) is 4.05.